The highest BCUT2D eigenvalue weighted by Gasteiger charge is 2.53. The Kier molecular flexibility index (Phi) is 8.19. The first-order valence-corrected chi connectivity index (χ1v) is 16.8. The van der Waals surface area contributed by atoms with Crippen LogP contribution >= 0.6 is 0 Å². The van der Waals surface area contributed by atoms with Crippen molar-refractivity contribution in [3.63, 3.8) is 0 Å². The highest BCUT2D eigenvalue weighted by atomic mass is 16.5. The molecule has 0 radical (unpaired) electrons. The summed E-state index contributed by atoms with van der Waals surface area (Å²) in [6.45, 7) is 7.33. The number of hydrogen-bond donors (Lipinski definition) is 1. The lowest BCUT2D eigenvalue weighted by atomic mass is 9.52. The van der Waals surface area contributed by atoms with E-state index in [0.29, 0.717) is 17.3 Å². The third-order valence-corrected chi connectivity index (χ3v) is 12.1. The Hall–Kier alpha value is -2.93. The van der Waals surface area contributed by atoms with Crippen LogP contribution in [0.5, 0.6) is 11.5 Å². The zero-order chi connectivity index (χ0) is 30.4. The minimum Gasteiger partial charge on any atom is -0.497 e. The van der Waals surface area contributed by atoms with Crippen molar-refractivity contribution in [3.8, 4) is 11.5 Å². The maximum Gasteiger partial charge on any atom is 0.119 e. The van der Waals surface area contributed by atoms with E-state index in [1.54, 1.807) is 31.5 Å². The van der Waals surface area contributed by atoms with Crippen LogP contribution < -0.4 is 9.47 Å². The fourth-order valence-corrected chi connectivity index (χ4v) is 9.75. The molecule has 3 aromatic rings. The van der Waals surface area contributed by atoms with E-state index < -0.39 is 6.10 Å². The van der Waals surface area contributed by atoms with Gasteiger partial charge in [0.25, 0.3) is 0 Å². The van der Waals surface area contributed by atoms with Gasteiger partial charge in [0.15, 0.2) is 0 Å². The van der Waals surface area contributed by atoms with Crippen molar-refractivity contribution in [2.45, 2.75) is 75.0 Å². The molecule has 44 heavy (non-hydrogen) atoms. The molecular formula is C38H49N3O3. The van der Waals surface area contributed by atoms with Crippen molar-refractivity contribution in [1.29, 1.82) is 0 Å². The number of nitrogens with zero attached hydrogens (tertiary/aromatic N) is 3. The van der Waals surface area contributed by atoms with Crippen molar-refractivity contribution >= 4 is 10.9 Å². The minimum absolute atomic E-state index is 0.178. The van der Waals surface area contributed by atoms with Gasteiger partial charge in [0, 0.05) is 35.6 Å². The third kappa shape index (κ3) is 5.03. The minimum atomic E-state index is -0.504. The second kappa shape index (κ2) is 12.1. The Morgan fingerprint density at radius 3 is 2.61 bits per heavy atom. The Labute approximate surface area is 263 Å². The summed E-state index contributed by atoms with van der Waals surface area (Å²) in [5, 5.41) is 12.1. The Morgan fingerprint density at radius 1 is 1.02 bits per heavy atom. The molecular weight excluding hydrogens is 546 g/mol. The van der Waals surface area contributed by atoms with Gasteiger partial charge in [-0.25, -0.2) is 0 Å². The Balaban J connectivity index is 0.000000144. The lowest BCUT2D eigenvalue weighted by Crippen LogP contribution is -2.59. The molecule has 5 heterocycles. The van der Waals surface area contributed by atoms with E-state index >= 15 is 0 Å². The van der Waals surface area contributed by atoms with Crippen molar-refractivity contribution in [2.75, 3.05) is 40.9 Å². The predicted octanol–water partition coefficient (Wildman–Crippen LogP) is 6.56. The average molecular weight is 596 g/mol. The first-order valence-electron chi connectivity index (χ1n) is 16.8. The van der Waals surface area contributed by atoms with Gasteiger partial charge in [-0.05, 0) is 130 Å². The number of aromatic nitrogens is 1. The van der Waals surface area contributed by atoms with Gasteiger partial charge in [-0.1, -0.05) is 25.0 Å². The maximum absolute atomic E-state index is 11.2. The van der Waals surface area contributed by atoms with Crippen LogP contribution in [-0.2, 0) is 11.8 Å². The number of aliphatic hydroxyl groups is 1. The van der Waals surface area contributed by atoms with Gasteiger partial charge in [-0.3, -0.25) is 9.88 Å². The number of piperidine rings is 4. The summed E-state index contributed by atoms with van der Waals surface area (Å²) >= 11 is 0. The van der Waals surface area contributed by atoms with Crippen LogP contribution in [0.1, 0.15) is 67.7 Å². The molecule has 4 saturated heterocycles. The van der Waals surface area contributed by atoms with E-state index in [9.17, 15) is 5.11 Å². The number of likely N-dealkylation sites (N-methyl/N-ethyl adjacent to an activating group) is 1. The second-order valence-electron chi connectivity index (χ2n) is 14.0. The van der Waals surface area contributed by atoms with Crippen molar-refractivity contribution in [3.05, 3.63) is 78.0 Å². The number of benzene rings is 2. The summed E-state index contributed by atoms with van der Waals surface area (Å²) in [4.78, 5) is 9.48. The molecule has 6 heteroatoms. The van der Waals surface area contributed by atoms with Gasteiger partial charge in [0.2, 0.25) is 0 Å². The molecule has 1 aromatic heterocycles. The van der Waals surface area contributed by atoms with Crippen molar-refractivity contribution < 1.29 is 14.6 Å². The molecule has 4 bridgehead atoms. The largest absolute Gasteiger partial charge is 0.497 e. The molecule has 4 aliphatic heterocycles. The number of ether oxygens (including phenoxy) is 2. The monoisotopic (exact) mass is 595 g/mol. The average Bonchev–Trinajstić information content (AvgIpc) is 3.09. The fraction of sp³-hybridized carbons (Fsp3) is 0.553. The molecule has 2 aliphatic carbocycles. The zero-order valence-electron chi connectivity index (χ0n) is 26.8. The molecule has 1 N–H and O–H groups in total. The van der Waals surface area contributed by atoms with Crippen molar-refractivity contribution in [1.82, 2.24) is 14.8 Å². The Morgan fingerprint density at radius 2 is 1.84 bits per heavy atom. The summed E-state index contributed by atoms with van der Waals surface area (Å²) in [6.07, 6.45) is 13.8. The van der Waals surface area contributed by atoms with Crippen molar-refractivity contribution in [2.24, 2.45) is 17.8 Å². The molecule has 1 saturated carbocycles. The molecule has 234 valence electrons. The topological polar surface area (TPSA) is 58.1 Å². The van der Waals surface area contributed by atoms with Crippen LogP contribution in [0.2, 0.25) is 0 Å². The molecule has 4 unspecified atom stereocenters. The predicted molar refractivity (Wildman–Crippen MR) is 176 cm³/mol. The van der Waals surface area contributed by atoms with Gasteiger partial charge in [-0.15, -0.1) is 6.58 Å². The molecule has 9 rings (SSSR count). The quantitative estimate of drug-likeness (QED) is 0.338. The van der Waals surface area contributed by atoms with Crippen LogP contribution in [0.3, 0.4) is 0 Å². The van der Waals surface area contributed by atoms with E-state index in [1.165, 1.54) is 51.5 Å². The maximum atomic E-state index is 11.2. The number of aliphatic hydroxyl groups excluding tert-OH is 1. The summed E-state index contributed by atoms with van der Waals surface area (Å²) in [7, 11) is 5.78. The first kappa shape index (κ1) is 29.8. The van der Waals surface area contributed by atoms with Crippen LogP contribution in [0.15, 0.2) is 61.3 Å². The number of fused-ring (bicyclic) bond motifs is 5. The fourth-order valence-electron chi connectivity index (χ4n) is 9.75. The molecule has 2 aromatic carbocycles. The summed E-state index contributed by atoms with van der Waals surface area (Å²) in [6, 6.07) is 15.6. The second-order valence-corrected chi connectivity index (χ2v) is 14.0. The summed E-state index contributed by atoms with van der Waals surface area (Å²) in [5.41, 5.74) is 5.52. The van der Waals surface area contributed by atoms with Crippen LogP contribution in [0.25, 0.3) is 10.9 Å². The Bertz CT molecular complexity index is 1510. The van der Waals surface area contributed by atoms with E-state index in [0.717, 1.165) is 59.4 Å². The lowest BCUT2D eigenvalue weighted by molar-refractivity contribution is -0.0444. The van der Waals surface area contributed by atoms with Gasteiger partial charge in [0.05, 0.1) is 25.8 Å². The molecule has 6 nitrogen and oxygen atoms in total. The van der Waals surface area contributed by atoms with Gasteiger partial charge < -0.3 is 19.5 Å². The zero-order valence-corrected chi connectivity index (χ0v) is 26.8. The van der Waals surface area contributed by atoms with Crippen LogP contribution in [0.4, 0.5) is 0 Å². The highest BCUT2D eigenvalue weighted by Crippen LogP contribution is 2.56. The summed E-state index contributed by atoms with van der Waals surface area (Å²) in [5.74, 6) is 3.92. The lowest BCUT2D eigenvalue weighted by Gasteiger charge is -2.58. The number of hydrogen-bond acceptors (Lipinski definition) is 6. The van der Waals surface area contributed by atoms with E-state index in [2.05, 4.69) is 52.7 Å². The van der Waals surface area contributed by atoms with Gasteiger partial charge in [-0.2, -0.15) is 0 Å². The van der Waals surface area contributed by atoms with E-state index in [1.807, 2.05) is 24.3 Å². The van der Waals surface area contributed by atoms with E-state index in [4.69, 9.17) is 9.47 Å². The molecule has 5 fully saturated rings. The van der Waals surface area contributed by atoms with Crippen LogP contribution in [-0.4, -0.2) is 72.9 Å². The molecule has 0 spiro atoms. The normalized spacial score (nSPS) is 32.9. The standard InChI is InChI=1S/C20H24N2O2.C18H25NO/c1-3-13-12-22-9-7-14(13)10-19(22)20(23)16-6-8-21-18-5-4-15(24-2)11-17(16)18;1-19-10-9-18-8-4-3-5-15(18)17(19)11-13-6-7-14(20-2)12-16(13)18/h3-6,8,11,13-14,19-20,23H,1,7,9-10,12H2,2H3;6-7,12,15,17H,3-5,8-11H2,1-2H3/t13?,14?,19?,20-;15-,17-,18-/m01/s1. The summed E-state index contributed by atoms with van der Waals surface area (Å²) < 4.78 is 10.9. The third-order valence-electron chi connectivity index (χ3n) is 12.1. The highest BCUT2D eigenvalue weighted by molar-refractivity contribution is 5.84. The van der Waals surface area contributed by atoms with Gasteiger partial charge >= 0.3 is 0 Å². The number of likely N-dealkylation sites (tertiary alicyclic amines) is 1. The number of pyridine rings is 1. The van der Waals surface area contributed by atoms with Crippen LogP contribution in [0, 0.1) is 17.8 Å². The smallest absolute Gasteiger partial charge is 0.119 e. The molecule has 0 amide bonds. The number of rotatable bonds is 5. The van der Waals surface area contributed by atoms with E-state index in [-0.39, 0.29) is 6.04 Å². The number of methoxy groups -OCH3 is 2. The first-order chi connectivity index (χ1) is 21.5. The van der Waals surface area contributed by atoms with Gasteiger partial charge in [0.1, 0.15) is 11.5 Å². The molecule has 8 atom stereocenters. The SMILES string of the molecule is C=CC1CN2CCC1CC2[C@@H](O)c1ccnc2ccc(OC)cc12.COc1ccc2c(c1)[C@@]13CCCC[C@@H]1[C@@H](C2)N(C)CC3. The molecule has 6 aliphatic rings.